The molecule has 2 aromatic heterocycles. The van der Waals surface area contributed by atoms with E-state index in [1.807, 2.05) is 12.1 Å². The Bertz CT molecular complexity index is 1460. The summed E-state index contributed by atoms with van der Waals surface area (Å²) in [6.07, 6.45) is 6.14. The van der Waals surface area contributed by atoms with Crippen molar-refractivity contribution in [2.75, 3.05) is 18.9 Å². The number of esters is 1. The van der Waals surface area contributed by atoms with Gasteiger partial charge in [0.05, 0.1) is 17.8 Å². The van der Waals surface area contributed by atoms with E-state index >= 15 is 0 Å². The summed E-state index contributed by atoms with van der Waals surface area (Å²) in [4.78, 5) is 21.1. The molecular formula is C25H30FN5O4S. The number of fused-ring (bicyclic) bond motifs is 2. The molecule has 9 nitrogen and oxygen atoms in total. The van der Waals surface area contributed by atoms with Gasteiger partial charge in [-0.2, -0.15) is 0 Å². The fraction of sp³-hybridized carbons (Fsp3) is 0.480. The van der Waals surface area contributed by atoms with E-state index in [9.17, 15) is 17.6 Å². The maximum Gasteiger partial charge on any atom is 0.360 e. The lowest BCUT2D eigenvalue weighted by Gasteiger charge is -2.18. The molecule has 0 aliphatic heterocycles. The number of sulfonamides is 1. The standard InChI is InChI=1S/C25H30FN5O4S/c1-4-35-24(32)21-23(27)31(13-29-21)17-8-15-7-16-11-28-20(14-5-6-14)10-19(16)22(18(15)9-17)36(33,34)30-12-25(2,3)26/h7,10-11,13-14,17,30H,4-6,8-9,12,27H2,1-3H3/t17-/m0/s1. The molecule has 1 fully saturated rings. The number of nitrogens with one attached hydrogen (secondary N) is 1. The van der Waals surface area contributed by atoms with Crippen molar-refractivity contribution in [1.82, 2.24) is 19.3 Å². The summed E-state index contributed by atoms with van der Waals surface area (Å²) in [7, 11) is -4.05. The zero-order chi connectivity index (χ0) is 25.8. The number of hydrogen-bond donors (Lipinski definition) is 2. The molecule has 36 heavy (non-hydrogen) atoms. The van der Waals surface area contributed by atoms with E-state index < -0.39 is 21.7 Å². The molecule has 1 aromatic carbocycles. The summed E-state index contributed by atoms with van der Waals surface area (Å²) in [5, 5.41) is 1.30. The van der Waals surface area contributed by atoms with Crippen molar-refractivity contribution < 1.29 is 22.3 Å². The number of carbonyl (C=O) groups excluding carboxylic acids is 1. The molecule has 3 N–H and O–H groups in total. The van der Waals surface area contributed by atoms with Gasteiger partial charge in [0.15, 0.2) is 5.69 Å². The maximum absolute atomic E-state index is 14.3. The van der Waals surface area contributed by atoms with Crippen molar-refractivity contribution in [3.8, 4) is 0 Å². The second-order valence-electron chi connectivity index (χ2n) is 10.2. The number of hydrogen-bond acceptors (Lipinski definition) is 7. The second-order valence-corrected chi connectivity index (χ2v) is 11.9. The number of halogens is 1. The molecule has 192 valence electrons. The highest BCUT2D eigenvalue weighted by atomic mass is 32.2. The van der Waals surface area contributed by atoms with Crippen molar-refractivity contribution in [3.63, 3.8) is 0 Å². The summed E-state index contributed by atoms with van der Waals surface area (Å²) in [5.41, 5.74) is 6.96. The van der Waals surface area contributed by atoms with E-state index in [-0.39, 0.29) is 35.6 Å². The van der Waals surface area contributed by atoms with Crippen LogP contribution in [0.2, 0.25) is 0 Å². The van der Waals surface area contributed by atoms with Crippen LogP contribution >= 0.6 is 0 Å². The number of nitrogen functional groups attached to an aromatic ring is 1. The molecule has 11 heteroatoms. The highest BCUT2D eigenvalue weighted by Crippen LogP contribution is 2.43. The van der Waals surface area contributed by atoms with Gasteiger partial charge in [-0.25, -0.2) is 27.3 Å². The van der Waals surface area contributed by atoms with E-state index in [2.05, 4.69) is 14.7 Å². The average molecular weight is 516 g/mol. The van der Waals surface area contributed by atoms with Gasteiger partial charge in [0.25, 0.3) is 0 Å². The lowest BCUT2D eigenvalue weighted by Crippen LogP contribution is -2.35. The number of ether oxygens (including phenoxy) is 1. The zero-order valence-corrected chi connectivity index (χ0v) is 21.4. The van der Waals surface area contributed by atoms with Crippen LogP contribution in [0.5, 0.6) is 0 Å². The Morgan fingerprint density at radius 2 is 2.03 bits per heavy atom. The van der Waals surface area contributed by atoms with Crippen LogP contribution in [0.25, 0.3) is 10.8 Å². The van der Waals surface area contributed by atoms with Crippen LogP contribution in [-0.4, -0.2) is 47.7 Å². The Morgan fingerprint density at radius 1 is 1.28 bits per heavy atom. The number of nitrogens with zero attached hydrogens (tertiary/aromatic N) is 3. The Balaban J connectivity index is 1.59. The average Bonchev–Trinajstić information content (AvgIpc) is 3.47. The minimum atomic E-state index is -4.05. The minimum Gasteiger partial charge on any atom is -0.461 e. The molecular weight excluding hydrogens is 485 g/mol. The van der Waals surface area contributed by atoms with E-state index in [0.717, 1.165) is 24.1 Å². The number of carbonyl (C=O) groups is 1. The van der Waals surface area contributed by atoms with Crippen molar-refractivity contribution >= 4 is 32.6 Å². The summed E-state index contributed by atoms with van der Waals surface area (Å²) in [6, 6.07) is 3.58. The molecule has 0 saturated heterocycles. The topological polar surface area (TPSA) is 129 Å². The molecule has 5 rings (SSSR count). The van der Waals surface area contributed by atoms with Crippen LogP contribution in [0.1, 0.15) is 72.9 Å². The highest BCUT2D eigenvalue weighted by molar-refractivity contribution is 7.89. The van der Waals surface area contributed by atoms with Crippen LogP contribution < -0.4 is 10.5 Å². The molecule has 2 heterocycles. The third-order valence-corrected chi connectivity index (χ3v) is 8.26. The van der Waals surface area contributed by atoms with Gasteiger partial charge in [-0.1, -0.05) is 0 Å². The number of imidazole rings is 1. The largest absolute Gasteiger partial charge is 0.461 e. The first-order valence-electron chi connectivity index (χ1n) is 12.1. The fourth-order valence-electron chi connectivity index (χ4n) is 4.81. The van der Waals surface area contributed by atoms with Gasteiger partial charge < -0.3 is 15.0 Å². The van der Waals surface area contributed by atoms with Crippen LogP contribution in [0, 0.1) is 0 Å². The molecule has 3 aromatic rings. The van der Waals surface area contributed by atoms with Gasteiger partial charge in [0.1, 0.15) is 11.5 Å². The van der Waals surface area contributed by atoms with Crippen LogP contribution in [-0.2, 0) is 27.6 Å². The molecule has 1 saturated carbocycles. The SMILES string of the molecule is CCOC(=O)c1ncn([C@H]2Cc3cc4cnc(C5CC5)cc4c(S(=O)(=O)NCC(C)(C)F)c3C2)c1N. The Kier molecular flexibility index (Phi) is 6.03. The third-order valence-electron chi connectivity index (χ3n) is 6.73. The Hall–Kier alpha value is -3.05. The molecule has 2 aliphatic carbocycles. The zero-order valence-electron chi connectivity index (χ0n) is 20.5. The monoisotopic (exact) mass is 515 g/mol. The van der Waals surface area contributed by atoms with Crippen LogP contribution in [0.4, 0.5) is 10.2 Å². The summed E-state index contributed by atoms with van der Waals surface area (Å²) in [5.74, 6) is -0.0825. The van der Waals surface area contributed by atoms with E-state index in [1.54, 1.807) is 17.7 Å². The normalized spacial score (nSPS) is 17.9. The van der Waals surface area contributed by atoms with E-state index in [0.29, 0.717) is 35.1 Å². The number of nitrogens with two attached hydrogens (primary N) is 1. The van der Waals surface area contributed by atoms with Crippen molar-refractivity contribution in [2.45, 2.75) is 69.0 Å². The number of alkyl halides is 1. The lowest BCUT2D eigenvalue weighted by atomic mass is 10.0. The Morgan fingerprint density at radius 3 is 2.69 bits per heavy atom. The first-order valence-corrected chi connectivity index (χ1v) is 13.6. The molecule has 2 aliphatic rings. The first-order chi connectivity index (χ1) is 17.0. The third kappa shape index (κ3) is 4.57. The second kappa shape index (κ2) is 8.81. The van der Waals surface area contributed by atoms with Crippen molar-refractivity contribution in [3.05, 3.63) is 47.2 Å². The summed E-state index contributed by atoms with van der Waals surface area (Å²) < 4.78 is 50.7. The van der Waals surface area contributed by atoms with Gasteiger partial charge in [0.2, 0.25) is 10.0 Å². The van der Waals surface area contributed by atoms with Gasteiger partial charge >= 0.3 is 5.97 Å². The summed E-state index contributed by atoms with van der Waals surface area (Å²) in [6.45, 7) is 4.22. The fourth-order valence-corrected chi connectivity index (χ4v) is 6.49. The first kappa shape index (κ1) is 24.6. The van der Waals surface area contributed by atoms with Crippen LogP contribution in [0.15, 0.2) is 29.6 Å². The minimum absolute atomic E-state index is 0.0379. The molecule has 0 radical (unpaired) electrons. The number of benzene rings is 1. The number of pyridine rings is 1. The maximum atomic E-state index is 14.3. The van der Waals surface area contributed by atoms with Crippen molar-refractivity contribution in [1.29, 1.82) is 0 Å². The van der Waals surface area contributed by atoms with Gasteiger partial charge in [-0.15, -0.1) is 0 Å². The Labute approximate surface area is 209 Å². The lowest BCUT2D eigenvalue weighted by molar-refractivity contribution is 0.0521. The summed E-state index contributed by atoms with van der Waals surface area (Å²) >= 11 is 0. The van der Waals surface area contributed by atoms with Crippen molar-refractivity contribution in [2.24, 2.45) is 0 Å². The predicted molar refractivity (Wildman–Crippen MR) is 133 cm³/mol. The van der Waals surface area contributed by atoms with E-state index in [1.165, 1.54) is 20.2 Å². The number of aromatic nitrogens is 3. The molecule has 0 spiro atoms. The molecule has 0 bridgehead atoms. The van der Waals surface area contributed by atoms with Crippen LogP contribution in [0.3, 0.4) is 0 Å². The van der Waals surface area contributed by atoms with Gasteiger partial charge in [0, 0.05) is 41.2 Å². The number of rotatable bonds is 8. The highest BCUT2D eigenvalue weighted by Gasteiger charge is 2.35. The van der Waals surface area contributed by atoms with Gasteiger partial charge in [-0.05, 0) is 69.7 Å². The number of anilines is 1. The van der Waals surface area contributed by atoms with E-state index in [4.69, 9.17) is 10.5 Å². The molecule has 0 unspecified atom stereocenters. The predicted octanol–water partition coefficient (Wildman–Crippen LogP) is 3.43. The smallest absolute Gasteiger partial charge is 0.360 e. The van der Waals surface area contributed by atoms with Gasteiger partial charge in [-0.3, -0.25) is 4.98 Å². The molecule has 0 amide bonds. The molecule has 1 atom stereocenters. The quantitative estimate of drug-likeness (QED) is 0.440.